The van der Waals surface area contributed by atoms with Crippen molar-refractivity contribution in [1.29, 1.82) is 0 Å². The highest BCUT2D eigenvalue weighted by Gasteiger charge is 2.01. The van der Waals surface area contributed by atoms with Crippen LogP contribution in [0.4, 0.5) is 0 Å². The number of nitrogens with one attached hydrogen (secondary N) is 1. The van der Waals surface area contributed by atoms with Gasteiger partial charge in [-0.25, -0.2) is 0 Å². The van der Waals surface area contributed by atoms with Crippen LogP contribution in [-0.4, -0.2) is 24.5 Å². The second-order valence-electron chi connectivity index (χ2n) is 2.53. The lowest BCUT2D eigenvalue weighted by molar-refractivity contribution is 0.294. The van der Waals surface area contributed by atoms with Gasteiger partial charge >= 0.3 is 0 Å². The molecule has 0 heterocycles. The summed E-state index contributed by atoms with van der Waals surface area (Å²) in [6, 6.07) is 5.24. The molecule has 0 saturated carbocycles. The summed E-state index contributed by atoms with van der Waals surface area (Å²) in [5.74, 6) is 0. The van der Waals surface area contributed by atoms with Gasteiger partial charge in [0.2, 0.25) is 0 Å². The molecule has 0 aliphatic rings. The first-order chi connectivity index (χ1) is 6.75. The summed E-state index contributed by atoms with van der Waals surface area (Å²) >= 11 is 11.8. The van der Waals surface area contributed by atoms with Crippen LogP contribution in [0.15, 0.2) is 23.3 Å². The average Bonchev–Trinajstić information content (AvgIpc) is 2.16. The molecule has 0 unspecified atom stereocenters. The third-order valence-corrected chi connectivity index (χ3v) is 2.17. The molecule has 0 aliphatic heterocycles. The van der Waals surface area contributed by atoms with Crippen LogP contribution < -0.4 is 5.43 Å². The molecule has 14 heavy (non-hydrogen) atoms. The molecule has 0 fully saturated rings. The number of hydrogen-bond donors (Lipinski definition) is 2. The number of aliphatic hydroxyl groups excluding tert-OH is 1. The normalized spacial score (nSPS) is 10.8. The van der Waals surface area contributed by atoms with E-state index < -0.39 is 0 Å². The molecule has 0 atom stereocenters. The Morgan fingerprint density at radius 3 is 2.57 bits per heavy atom. The fraction of sp³-hybridized carbons (Fsp3) is 0.222. The maximum Gasteiger partial charge on any atom is 0.0620 e. The van der Waals surface area contributed by atoms with Crippen molar-refractivity contribution in [2.75, 3.05) is 13.2 Å². The van der Waals surface area contributed by atoms with Gasteiger partial charge in [-0.1, -0.05) is 29.3 Å². The standard InChI is InChI=1S/C9H10Cl2N2O/c10-8-2-1-3-9(11)7(8)6-13-12-4-5-14/h1-3,6,12,14H,4-5H2/b13-6-. The molecule has 0 aromatic heterocycles. The van der Waals surface area contributed by atoms with Gasteiger partial charge in [0.05, 0.1) is 29.4 Å². The van der Waals surface area contributed by atoms with Crippen LogP contribution in [0.5, 0.6) is 0 Å². The van der Waals surface area contributed by atoms with Gasteiger partial charge in [0, 0.05) is 5.56 Å². The fourth-order valence-corrected chi connectivity index (χ4v) is 1.35. The largest absolute Gasteiger partial charge is 0.394 e. The summed E-state index contributed by atoms with van der Waals surface area (Å²) in [4.78, 5) is 0. The minimum atomic E-state index is 0.0353. The van der Waals surface area contributed by atoms with E-state index in [1.54, 1.807) is 18.2 Å². The lowest BCUT2D eigenvalue weighted by atomic mass is 10.2. The summed E-state index contributed by atoms with van der Waals surface area (Å²) in [6.07, 6.45) is 1.53. The van der Waals surface area contributed by atoms with E-state index >= 15 is 0 Å². The molecule has 0 saturated heterocycles. The zero-order chi connectivity index (χ0) is 10.4. The molecule has 0 spiro atoms. The Bertz CT molecular complexity index is 308. The van der Waals surface area contributed by atoms with E-state index in [1.807, 2.05) is 0 Å². The molecule has 0 amide bonds. The maximum atomic E-state index is 8.48. The van der Waals surface area contributed by atoms with Crippen molar-refractivity contribution >= 4 is 29.4 Å². The quantitative estimate of drug-likeness (QED) is 0.474. The molecule has 0 aliphatic carbocycles. The van der Waals surface area contributed by atoms with Crippen molar-refractivity contribution in [3.63, 3.8) is 0 Å². The molecule has 76 valence electrons. The highest BCUT2D eigenvalue weighted by atomic mass is 35.5. The molecule has 3 nitrogen and oxygen atoms in total. The predicted octanol–water partition coefficient (Wildman–Crippen LogP) is 1.91. The van der Waals surface area contributed by atoms with Gasteiger partial charge in [-0.2, -0.15) is 5.10 Å². The van der Waals surface area contributed by atoms with Crippen LogP contribution in [-0.2, 0) is 0 Å². The van der Waals surface area contributed by atoms with Gasteiger partial charge < -0.3 is 10.5 Å². The van der Waals surface area contributed by atoms with Crippen LogP contribution in [0, 0.1) is 0 Å². The van der Waals surface area contributed by atoms with E-state index in [9.17, 15) is 0 Å². The van der Waals surface area contributed by atoms with E-state index in [-0.39, 0.29) is 6.61 Å². The van der Waals surface area contributed by atoms with Crippen molar-refractivity contribution < 1.29 is 5.11 Å². The van der Waals surface area contributed by atoms with E-state index in [2.05, 4.69) is 10.5 Å². The van der Waals surface area contributed by atoms with E-state index in [0.717, 1.165) is 0 Å². The number of halogens is 2. The average molecular weight is 233 g/mol. The highest BCUT2D eigenvalue weighted by molar-refractivity contribution is 6.38. The Morgan fingerprint density at radius 2 is 2.00 bits per heavy atom. The van der Waals surface area contributed by atoms with Crippen LogP contribution in [0.1, 0.15) is 5.56 Å². The molecule has 2 N–H and O–H groups in total. The number of nitrogens with zero attached hydrogens (tertiary/aromatic N) is 1. The van der Waals surface area contributed by atoms with Gasteiger partial charge in [-0.3, -0.25) is 0 Å². The summed E-state index contributed by atoms with van der Waals surface area (Å²) in [5, 5.41) is 13.4. The van der Waals surface area contributed by atoms with Crippen LogP contribution in [0.25, 0.3) is 0 Å². The van der Waals surface area contributed by atoms with Crippen LogP contribution >= 0.6 is 23.2 Å². The van der Waals surface area contributed by atoms with Gasteiger partial charge in [0.15, 0.2) is 0 Å². The second kappa shape index (κ2) is 5.86. The summed E-state index contributed by atoms with van der Waals surface area (Å²) < 4.78 is 0. The number of aliphatic hydroxyl groups is 1. The van der Waals surface area contributed by atoms with Crippen molar-refractivity contribution in [3.8, 4) is 0 Å². The zero-order valence-electron chi connectivity index (χ0n) is 7.37. The first-order valence-corrected chi connectivity index (χ1v) is 4.82. The lowest BCUT2D eigenvalue weighted by Gasteiger charge is -2.00. The Balaban J connectivity index is 2.70. The summed E-state index contributed by atoms with van der Waals surface area (Å²) in [7, 11) is 0. The highest BCUT2D eigenvalue weighted by Crippen LogP contribution is 2.21. The van der Waals surface area contributed by atoms with Crippen molar-refractivity contribution in [3.05, 3.63) is 33.8 Å². The number of rotatable bonds is 4. The first-order valence-electron chi connectivity index (χ1n) is 4.06. The Labute approximate surface area is 92.3 Å². The number of hydrazone groups is 1. The van der Waals surface area contributed by atoms with Crippen molar-refractivity contribution in [1.82, 2.24) is 5.43 Å². The number of hydrogen-bond acceptors (Lipinski definition) is 3. The third-order valence-electron chi connectivity index (χ3n) is 1.51. The second-order valence-corrected chi connectivity index (χ2v) is 3.34. The summed E-state index contributed by atoms with van der Waals surface area (Å²) in [5.41, 5.74) is 3.31. The van der Waals surface area contributed by atoms with Gasteiger partial charge in [-0.15, -0.1) is 0 Å². The lowest BCUT2D eigenvalue weighted by Crippen LogP contribution is -2.11. The topological polar surface area (TPSA) is 44.6 Å². The zero-order valence-corrected chi connectivity index (χ0v) is 8.89. The van der Waals surface area contributed by atoms with Gasteiger partial charge in [0.1, 0.15) is 0 Å². The van der Waals surface area contributed by atoms with E-state index in [4.69, 9.17) is 28.3 Å². The molecule has 1 rings (SSSR count). The van der Waals surface area contributed by atoms with Crippen LogP contribution in [0.2, 0.25) is 10.0 Å². The monoisotopic (exact) mass is 232 g/mol. The maximum absolute atomic E-state index is 8.48. The minimum Gasteiger partial charge on any atom is -0.394 e. The first kappa shape index (κ1) is 11.3. The smallest absolute Gasteiger partial charge is 0.0620 e. The SMILES string of the molecule is OCCN/N=C\c1c(Cl)cccc1Cl. The van der Waals surface area contributed by atoms with Gasteiger partial charge in [0.25, 0.3) is 0 Å². The molecular weight excluding hydrogens is 223 g/mol. The summed E-state index contributed by atoms with van der Waals surface area (Å²) in [6.45, 7) is 0.437. The third kappa shape index (κ3) is 3.18. The van der Waals surface area contributed by atoms with E-state index in [1.165, 1.54) is 6.21 Å². The predicted molar refractivity (Wildman–Crippen MR) is 59.1 cm³/mol. The van der Waals surface area contributed by atoms with Crippen molar-refractivity contribution in [2.24, 2.45) is 5.10 Å². The molecule has 5 heteroatoms. The van der Waals surface area contributed by atoms with Gasteiger partial charge in [-0.05, 0) is 12.1 Å². The molecule has 0 radical (unpaired) electrons. The molecule has 0 bridgehead atoms. The molecule has 1 aromatic rings. The Morgan fingerprint density at radius 1 is 1.36 bits per heavy atom. The molecular formula is C9H10Cl2N2O. The van der Waals surface area contributed by atoms with Crippen LogP contribution in [0.3, 0.4) is 0 Å². The fourth-order valence-electron chi connectivity index (χ4n) is 0.859. The molecule has 1 aromatic carbocycles. The number of benzene rings is 1. The van der Waals surface area contributed by atoms with E-state index in [0.29, 0.717) is 22.2 Å². The van der Waals surface area contributed by atoms with Crippen molar-refractivity contribution in [2.45, 2.75) is 0 Å². The Kier molecular flexibility index (Phi) is 4.73. The Hall–Kier alpha value is -0.770. The minimum absolute atomic E-state index is 0.0353.